The summed E-state index contributed by atoms with van der Waals surface area (Å²) in [7, 11) is -1.12. The molecule has 0 heterocycles. The van der Waals surface area contributed by atoms with Gasteiger partial charge in [0.2, 0.25) is 5.85 Å². The van der Waals surface area contributed by atoms with E-state index >= 15 is 0 Å². The van der Waals surface area contributed by atoms with E-state index in [-0.39, 0.29) is 6.42 Å². The van der Waals surface area contributed by atoms with Crippen molar-refractivity contribution in [1.82, 2.24) is 0 Å². The monoisotopic (exact) mass is 368 g/mol. The molecule has 2 aromatic carbocycles. The lowest BCUT2D eigenvalue weighted by Crippen LogP contribution is -2.22. The van der Waals surface area contributed by atoms with Gasteiger partial charge in [-0.05, 0) is 29.8 Å². The summed E-state index contributed by atoms with van der Waals surface area (Å²) in [4.78, 5) is 12.3. The highest BCUT2D eigenvalue weighted by Crippen LogP contribution is 2.53. The van der Waals surface area contributed by atoms with Crippen molar-refractivity contribution in [3.05, 3.63) is 70.7 Å². The smallest absolute Gasteiger partial charge is 0.370 e. The molecule has 1 atom stereocenters. The lowest BCUT2D eigenvalue weighted by Gasteiger charge is -2.24. The van der Waals surface area contributed by atoms with E-state index in [1.807, 2.05) is 0 Å². The Balaban J connectivity index is 2.26. The summed E-state index contributed by atoms with van der Waals surface area (Å²) in [6.45, 7) is 0. The molecule has 0 spiro atoms. The lowest BCUT2D eigenvalue weighted by atomic mass is 10.1. The molecule has 0 fully saturated rings. The van der Waals surface area contributed by atoms with Crippen LogP contribution >= 0.6 is 19.2 Å². The third-order valence-corrected chi connectivity index (χ3v) is 5.66. The number of rotatable bonds is 7. The molecule has 2 rings (SSSR count). The van der Waals surface area contributed by atoms with Gasteiger partial charge in [0.1, 0.15) is 0 Å². The summed E-state index contributed by atoms with van der Waals surface area (Å²) < 4.78 is 28.2. The minimum atomic E-state index is -3.63. The van der Waals surface area contributed by atoms with Gasteiger partial charge in [0, 0.05) is 25.7 Å². The number of halogens is 1. The first-order valence-corrected chi connectivity index (χ1v) is 9.19. The molecule has 0 aliphatic carbocycles. The van der Waals surface area contributed by atoms with Crippen LogP contribution in [-0.4, -0.2) is 26.0 Å². The minimum absolute atomic E-state index is 0.151. The second-order valence-corrected chi connectivity index (χ2v) is 7.79. The van der Waals surface area contributed by atoms with Gasteiger partial charge < -0.3 is 13.8 Å². The van der Waals surface area contributed by atoms with Crippen LogP contribution in [0.4, 0.5) is 0 Å². The van der Waals surface area contributed by atoms with Crippen molar-refractivity contribution in [3.8, 4) is 0 Å². The van der Waals surface area contributed by atoms with E-state index in [9.17, 15) is 9.36 Å². The van der Waals surface area contributed by atoms with Crippen molar-refractivity contribution in [1.29, 1.82) is 0 Å². The zero-order chi connectivity index (χ0) is 17.6. The molecule has 0 radical (unpaired) electrons. The molecular weight excluding hydrogens is 351 g/mol. The number of hydrogen-bond donors (Lipinski definition) is 0. The van der Waals surface area contributed by atoms with Gasteiger partial charge in [-0.25, -0.2) is 4.79 Å². The van der Waals surface area contributed by atoms with Crippen LogP contribution in [0.1, 0.15) is 15.9 Å². The van der Waals surface area contributed by atoms with E-state index in [4.69, 9.17) is 25.4 Å². The highest BCUT2D eigenvalue weighted by atomic mass is 35.5. The topological polar surface area (TPSA) is 61.8 Å². The maximum Gasteiger partial charge on any atom is 0.370 e. The first-order valence-electron chi connectivity index (χ1n) is 7.20. The van der Waals surface area contributed by atoms with E-state index in [1.165, 1.54) is 14.2 Å². The fraction of sp³-hybridized carbons (Fsp3) is 0.235. The molecule has 7 heteroatoms. The molecule has 0 aromatic heterocycles. The molecule has 0 aliphatic rings. The van der Waals surface area contributed by atoms with E-state index in [0.29, 0.717) is 10.6 Å². The van der Waals surface area contributed by atoms with Gasteiger partial charge in [0.25, 0.3) is 0 Å². The Bertz CT molecular complexity index is 727. The fourth-order valence-electron chi connectivity index (χ4n) is 2.16. The molecular formula is C17H18ClO5P. The molecule has 0 bridgehead atoms. The van der Waals surface area contributed by atoms with Gasteiger partial charge in [-0.15, -0.1) is 0 Å². The molecule has 0 aliphatic heterocycles. The quantitative estimate of drug-likeness (QED) is 0.530. The highest BCUT2D eigenvalue weighted by molar-refractivity contribution is 7.54. The van der Waals surface area contributed by atoms with Crippen LogP contribution in [0.15, 0.2) is 54.6 Å². The van der Waals surface area contributed by atoms with Crippen LogP contribution in [0.2, 0.25) is 5.02 Å². The second kappa shape index (κ2) is 8.45. The number of ether oxygens (including phenoxy) is 1. The maximum absolute atomic E-state index is 12.8. The van der Waals surface area contributed by atoms with Crippen molar-refractivity contribution in [2.24, 2.45) is 0 Å². The Morgan fingerprint density at radius 2 is 1.75 bits per heavy atom. The number of carbonyl (C=O) groups excluding carboxylic acids is 1. The second-order valence-electron chi connectivity index (χ2n) is 4.97. The first-order chi connectivity index (χ1) is 11.5. The summed E-state index contributed by atoms with van der Waals surface area (Å²) >= 11 is 5.97. The van der Waals surface area contributed by atoms with E-state index in [0.717, 1.165) is 5.56 Å². The van der Waals surface area contributed by atoms with Gasteiger partial charge in [-0.3, -0.25) is 4.57 Å². The van der Waals surface area contributed by atoms with Crippen molar-refractivity contribution in [3.63, 3.8) is 0 Å². The maximum atomic E-state index is 12.8. The van der Waals surface area contributed by atoms with Crippen LogP contribution in [0.3, 0.4) is 0 Å². The molecule has 128 valence electrons. The SMILES string of the molecule is COP(=O)(OC)[C@@H](Cc1cccc(Cl)c1)OC(=O)c1ccccc1. The number of hydrogen-bond acceptors (Lipinski definition) is 5. The largest absolute Gasteiger partial charge is 0.445 e. The Hall–Kier alpha value is -1.65. The standard InChI is InChI=1S/C17H18ClO5P/c1-21-24(20,22-2)16(12-13-7-6-10-15(18)11-13)23-17(19)14-8-4-3-5-9-14/h3-11,16H,12H2,1-2H3/t16-/m0/s1. The predicted octanol–water partition coefficient (Wildman–Crippen LogP) is 4.55. The summed E-state index contributed by atoms with van der Waals surface area (Å²) in [5, 5.41) is 0.533. The lowest BCUT2D eigenvalue weighted by molar-refractivity contribution is 0.0385. The summed E-state index contributed by atoms with van der Waals surface area (Å²) in [6, 6.07) is 15.4. The molecule has 0 unspecified atom stereocenters. The number of benzene rings is 2. The van der Waals surface area contributed by atoms with E-state index in [1.54, 1.807) is 54.6 Å². The number of esters is 1. The Labute approximate surface area is 146 Å². The molecule has 0 N–H and O–H groups in total. The van der Waals surface area contributed by atoms with Crippen molar-refractivity contribution < 1.29 is 23.1 Å². The average Bonchev–Trinajstić information content (AvgIpc) is 2.61. The van der Waals surface area contributed by atoms with E-state index in [2.05, 4.69) is 0 Å². The van der Waals surface area contributed by atoms with Crippen LogP contribution in [0.25, 0.3) is 0 Å². The van der Waals surface area contributed by atoms with Crippen molar-refractivity contribution >= 4 is 25.2 Å². The zero-order valence-corrected chi connectivity index (χ0v) is 15.0. The summed E-state index contributed by atoms with van der Waals surface area (Å²) in [5.41, 5.74) is 1.11. The van der Waals surface area contributed by atoms with Gasteiger partial charge in [-0.2, -0.15) is 0 Å². The zero-order valence-electron chi connectivity index (χ0n) is 13.3. The third kappa shape index (κ3) is 4.68. The molecule has 0 saturated carbocycles. The Kier molecular flexibility index (Phi) is 6.58. The van der Waals surface area contributed by atoms with Gasteiger partial charge in [0.15, 0.2) is 0 Å². The Morgan fingerprint density at radius 3 is 2.33 bits per heavy atom. The number of carbonyl (C=O) groups is 1. The average molecular weight is 369 g/mol. The molecule has 5 nitrogen and oxygen atoms in total. The van der Waals surface area contributed by atoms with Crippen LogP contribution in [0, 0.1) is 0 Å². The fourth-order valence-corrected chi connectivity index (χ4v) is 3.65. The molecule has 2 aromatic rings. The normalized spacial score (nSPS) is 12.6. The van der Waals surface area contributed by atoms with Gasteiger partial charge >= 0.3 is 13.6 Å². The van der Waals surface area contributed by atoms with Crippen molar-refractivity contribution in [2.75, 3.05) is 14.2 Å². The predicted molar refractivity (Wildman–Crippen MR) is 92.4 cm³/mol. The third-order valence-electron chi connectivity index (χ3n) is 3.41. The first kappa shape index (κ1) is 18.7. The van der Waals surface area contributed by atoms with E-state index < -0.39 is 19.4 Å². The molecule has 24 heavy (non-hydrogen) atoms. The molecule has 0 saturated heterocycles. The highest BCUT2D eigenvalue weighted by Gasteiger charge is 2.37. The summed E-state index contributed by atoms with van der Waals surface area (Å²) in [5.74, 6) is -1.68. The van der Waals surface area contributed by atoms with Gasteiger partial charge in [-0.1, -0.05) is 41.9 Å². The van der Waals surface area contributed by atoms with Crippen LogP contribution in [-0.2, 0) is 24.8 Å². The van der Waals surface area contributed by atoms with Crippen LogP contribution in [0.5, 0.6) is 0 Å². The van der Waals surface area contributed by atoms with Crippen molar-refractivity contribution in [2.45, 2.75) is 12.3 Å². The molecule has 0 amide bonds. The Morgan fingerprint density at radius 1 is 1.08 bits per heavy atom. The van der Waals surface area contributed by atoms with Gasteiger partial charge in [0.05, 0.1) is 5.56 Å². The minimum Gasteiger partial charge on any atom is -0.445 e. The van der Waals surface area contributed by atoms with Crippen LogP contribution < -0.4 is 0 Å². The summed E-state index contributed by atoms with van der Waals surface area (Å²) in [6.07, 6.45) is 0.151.